The number of benzene rings is 2. The number of hydrogen-bond donors (Lipinski definition) is 0. The molecule has 0 spiro atoms. The summed E-state index contributed by atoms with van der Waals surface area (Å²) in [5.74, 6) is 0. The van der Waals surface area contributed by atoms with Gasteiger partial charge in [0.05, 0.1) is 0 Å². The van der Waals surface area contributed by atoms with E-state index in [9.17, 15) is 9.59 Å². The Morgan fingerprint density at radius 3 is 1.20 bits per heavy atom. The van der Waals surface area contributed by atoms with Gasteiger partial charge in [-0.15, -0.1) is 0 Å². The maximum atomic E-state index is 11.0. The molecule has 0 fully saturated rings. The summed E-state index contributed by atoms with van der Waals surface area (Å²) in [6.45, 7) is 3.12. The molecule has 0 aliphatic rings. The monoisotopic (exact) mass is 302 g/mol. The highest BCUT2D eigenvalue weighted by atomic mass is 32.2. The summed E-state index contributed by atoms with van der Waals surface area (Å²) >= 11 is 2.46. The number of carbonyl (C=O) groups is 2. The third-order valence-electron chi connectivity index (χ3n) is 2.57. The zero-order valence-electron chi connectivity index (χ0n) is 11.3. The van der Waals surface area contributed by atoms with Crippen LogP contribution in [0.4, 0.5) is 0 Å². The van der Waals surface area contributed by atoms with Gasteiger partial charge in [0.25, 0.3) is 0 Å². The van der Waals surface area contributed by atoms with Gasteiger partial charge >= 0.3 is 0 Å². The van der Waals surface area contributed by atoms with Gasteiger partial charge in [0.2, 0.25) is 0 Å². The molecule has 0 unspecified atom stereocenters. The van der Waals surface area contributed by atoms with Crippen LogP contribution in [0.3, 0.4) is 0 Å². The van der Waals surface area contributed by atoms with E-state index in [4.69, 9.17) is 0 Å². The molecule has 0 amide bonds. The second-order valence-corrected chi connectivity index (χ2v) is 6.74. The highest BCUT2D eigenvalue weighted by Gasteiger charge is 2.02. The van der Waals surface area contributed by atoms with Crippen molar-refractivity contribution in [3.05, 3.63) is 48.5 Å². The van der Waals surface area contributed by atoms with E-state index in [1.807, 2.05) is 48.5 Å². The van der Waals surface area contributed by atoms with Crippen molar-refractivity contribution in [3.63, 3.8) is 0 Å². The van der Waals surface area contributed by atoms with Crippen LogP contribution in [0.5, 0.6) is 0 Å². The number of thioether (sulfide) groups is 2. The summed E-state index contributed by atoms with van der Waals surface area (Å²) < 4.78 is 0. The van der Waals surface area contributed by atoms with Crippen molar-refractivity contribution in [3.8, 4) is 11.1 Å². The standard InChI is InChI=1S/C16H14O2S2/c1-11(17)19-15-7-3-13(4-8-15)14-5-9-16(10-6-14)20-12(2)18/h3-10H,1-2H3. The molecule has 0 bridgehead atoms. The van der Waals surface area contributed by atoms with Gasteiger partial charge in [0.15, 0.2) is 10.2 Å². The van der Waals surface area contributed by atoms with Crippen molar-refractivity contribution in [2.75, 3.05) is 0 Å². The molecule has 0 aliphatic heterocycles. The molecular weight excluding hydrogens is 288 g/mol. The van der Waals surface area contributed by atoms with Crippen molar-refractivity contribution in [1.82, 2.24) is 0 Å². The van der Waals surface area contributed by atoms with E-state index in [0.717, 1.165) is 20.9 Å². The van der Waals surface area contributed by atoms with E-state index in [1.54, 1.807) is 13.8 Å². The Morgan fingerprint density at radius 1 is 0.650 bits per heavy atom. The average Bonchev–Trinajstić information content (AvgIpc) is 2.39. The summed E-state index contributed by atoms with van der Waals surface area (Å²) in [6.07, 6.45) is 0. The van der Waals surface area contributed by atoms with E-state index in [-0.39, 0.29) is 10.2 Å². The molecule has 0 radical (unpaired) electrons. The fourth-order valence-corrected chi connectivity index (χ4v) is 2.97. The van der Waals surface area contributed by atoms with E-state index < -0.39 is 0 Å². The smallest absolute Gasteiger partial charge is 0.190 e. The molecular formula is C16H14O2S2. The van der Waals surface area contributed by atoms with Gasteiger partial charge < -0.3 is 0 Å². The van der Waals surface area contributed by atoms with Gasteiger partial charge in [0, 0.05) is 23.6 Å². The fraction of sp³-hybridized carbons (Fsp3) is 0.125. The Hall–Kier alpha value is -1.52. The van der Waals surface area contributed by atoms with Crippen LogP contribution in [0.2, 0.25) is 0 Å². The molecule has 20 heavy (non-hydrogen) atoms. The van der Waals surface area contributed by atoms with Crippen molar-refractivity contribution in [1.29, 1.82) is 0 Å². The first-order valence-corrected chi connectivity index (χ1v) is 7.75. The second-order valence-electron chi connectivity index (χ2n) is 4.24. The minimum atomic E-state index is 0.0864. The van der Waals surface area contributed by atoms with Crippen LogP contribution in [0.25, 0.3) is 11.1 Å². The summed E-state index contributed by atoms with van der Waals surface area (Å²) in [5.41, 5.74) is 2.19. The van der Waals surface area contributed by atoms with Gasteiger partial charge in [-0.05, 0) is 35.4 Å². The Morgan fingerprint density at radius 2 is 0.950 bits per heavy atom. The molecule has 2 aromatic rings. The predicted molar refractivity (Wildman–Crippen MR) is 85.0 cm³/mol. The fourth-order valence-electron chi connectivity index (χ4n) is 1.76. The summed E-state index contributed by atoms with van der Waals surface area (Å²) in [5, 5.41) is 0.173. The first-order valence-electron chi connectivity index (χ1n) is 6.12. The topological polar surface area (TPSA) is 34.1 Å². The largest absolute Gasteiger partial charge is 0.287 e. The highest BCUT2D eigenvalue weighted by molar-refractivity contribution is 8.13. The zero-order valence-corrected chi connectivity index (χ0v) is 12.9. The number of hydrogen-bond acceptors (Lipinski definition) is 4. The molecule has 4 heteroatoms. The molecule has 0 aliphatic carbocycles. The molecule has 102 valence electrons. The third kappa shape index (κ3) is 4.25. The van der Waals surface area contributed by atoms with Crippen LogP contribution in [0.15, 0.2) is 58.3 Å². The van der Waals surface area contributed by atoms with Gasteiger partial charge in [0.1, 0.15) is 0 Å². The minimum absolute atomic E-state index is 0.0864. The molecule has 0 atom stereocenters. The predicted octanol–water partition coefficient (Wildman–Crippen LogP) is 4.63. The maximum absolute atomic E-state index is 11.0. The zero-order chi connectivity index (χ0) is 14.5. The normalized spacial score (nSPS) is 10.3. The molecule has 0 heterocycles. The van der Waals surface area contributed by atoms with Crippen LogP contribution in [0, 0.1) is 0 Å². The Balaban J connectivity index is 2.15. The molecule has 0 N–H and O–H groups in total. The highest BCUT2D eigenvalue weighted by Crippen LogP contribution is 2.27. The van der Waals surface area contributed by atoms with Crippen LogP contribution >= 0.6 is 23.5 Å². The lowest BCUT2D eigenvalue weighted by Crippen LogP contribution is -1.83. The first-order chi connectivity index (χ1) is 9.54. The number of rotatable bonds is 3. The van der Waals surface area contributed by atoms with E-state index in [1.165, 1.54) is 23.5 Å². The Kier molecular flexibility index (Phi) is 5.04. The lowest BCUT2D eigenvalue weighted by atomic mass is 10.1. The van der Waals surface area contributed by atoms with Gasteiger partial charge in [-0.25, -0.2) is 0 Å². The van der Waals surface area contributed by atoms with Crippen LogP contribution in [-0.2, 0) is 9.59 Å². The molecule has 2 aromatic carbocycles. The Bertz CT molecular complexity index is 558. The van der Waals surface area contributed by atoms with Crippen molar-refractivity contribution in [2.45, 2.75) is 23.6 Å². The van der Waals surface area contributed by atoms with Crippen LogP contribution in [0.1, 0.15) is 13.8 Å². The molecule has 0 aromatic heterocycles. The third-order valence-corrected chi connectivity index (χ3v) is 4.16. The minimum Gasteiger partial charge on any atom is -0.287 e. The van der Waals surface area contributed by atoms with E-state index in [2.05, 4.69) is 0 Å². The van der Waals surface area contributed by atoms with Gasteiger partial charge in [-0.3, -0.25) is 9.59 Å². The molecule has 0 saturated carbocycles. The maximum Gasteiger partial charge on any atom is 0.190 e. The quantitative estimate of drug-likeness (QED) is 0.774. The van der Waals surface area contributed by atoms with Gasteiger partial charge in [-0.2, -0.15) is 0 Å². The molecule has 0 saturated heterocycles. The number of carbonyl (C=O) groups excluding carboxylic acids is 2. The van der Waals surface area contributed by atoms with Crippen LogP contribution < -0.4 is 0 Å². The lowest BCUT2D eigenvalue weighted by molar-refractivity contribution is -0.109. The van der Waals surface area contributed by atoms with E-state index in [0.29, 0.717) is 0 Å². The molecule has 2 nitrogen and oxygen atoms in total. The lowest BCUT2D eigenvalue weighted by Gasteiger charge is -2.04. The summed E-state index contributed by atoms with van der Waals surface area (Å²) in [6, 6.07) is 15.8. The first kappa shape index (κ1) is 14.9. The molecule has 2 rings (SSSR count). The van der Waals surface area contributed by atoms with E-state index >= 15 is 0 Å². The SMILES string of the molecule is CC(=O)Sc1ccc(-c2ccc(SC(C)=O)cc2)cc1. The van der Waals surface area contributed by atoms with Crippen molar-refractivity contribution in [2.24, 2.45) is 0 Å². The summed E-state index contributed by atoms with van der Waals surface area (Å²) in [7, 11) is 0. The van der Waals surface area contributed by atoms with Crippen molar-refractivity contribution < 1.29 is 9.59 Å². The average molecular weight is 302 g/mol. The van der Waals surface area contributed by atoms with Crippen LogP contribution in [-0.4, -0.2) is 10.2 Å². The van der Waals surface area contributed by atoms with Crippen molar-refractivity contribution >= 4 is 33.8 Å². The summed E-state index contributed by atoms with van der Waals surface area (Å²) in [4.78, 5) is 24.0. The second kappa shape index (κ2) is 6.77. The Labute approximate surface area is 127 Å². The van der Waals surface area contributed by atoms with Gasteiger partial charge in [-0.1, -0.05) is 47.8 Å².